The minimum absolute atomic E-state index is 0.0337. The molecule has 48 heavy (non-hydrogen) atoms. The molecule has 0 bridgehead atoms. The van der Waals surface area contributed by atoms with Gasteiger partial charge < -0.3 is 35.6 Å². The van der Waals surface area contributed by atoms with Gasteiger partial charge in [-0.2, -0.15) is 0 Å². The molecule has 1 aromatic heterocycles. The van der Waals surface area contributed by atoms with E-state index < -0.39 is 36.2 Å². The highest BCUT2D eigenvalue weighted by Gasteiger charge is 2.36. The van der Waals surface area contributed by atoms with E-state index in [1.165, 1.54) is 17.6 Å². The molecule has 0 unspecified atom stereocenters. The van der Waals surface area contributed by atoms with Gasteiger partial charge in [-0.05, 0) is 36.7 Å². The van der Waals surface area contributed by atoms with E-state index in [0.717, 1.165) is 56.9 Å². The van der Waals surface area contributed by atoms with Gasteiger partial charge in [-0.1, -0.05) is 89.1 Å². The van der Waals surface area contributed by atoms with Crippen LogP contribution in [0.25, 0.3) is 0 Å². The molecule has 1 aromatic carbocycles. The first-order chi connectivity index (χ1) is 23.1. The Kier molecular flexibility index (Phi) is 14.7. The second-order valence-electron chi connectivity index (χ2n) is 14.3. The average Bonchev–Trinajstić information content (AvgIpc) is 3.45. The van der Waals surface area contributed by atoms with Crippen LogP contribution in [0.15, 0.2) is 42.9 Å². The number of aliphatic hydroxyl groups is 2. The first-order valence-electron chi connectivity index (χ1n) is 18.1. The molecule has 0 radical (unpaired) electrons. The maximum atomic E-state index is 14.4. The van der Waals surface area contributed by atoms with E-state index in [9.17, 15) is 24.6 Å². The largest absolute Gasteiger partial charge is 0.393 e. The molecule has 5 N–H and O–H groups in total. The first kappa shape index (κ1) is 37.4. The van der Waals surface area contributed by atoms with Gasteiger partial charge in [0.15, 0.2) is 0 Å². The minimum atomic E-state index is -0.944. The van der Waals surface area contributed by atoms with Crippen LogP contribution in [-0.2, 0) is 22.4 Å². The fourth-order valence-electron chi connectivity index (χ4n) is 7.03. The molecule has 2 aliphatic rings. The number of benzene rings is 1. The van der Waals surface area contributed by atoms with E-state index in [-0.39, 0.29) is 37.1 Å². The number of carbonyl (C=O) groups excluding carboxylic acids is 3. The van der Waals surface area contributed by atoms with Crippen LogP contribution in [0.3, 0.4) is 0 Å². The monoisotopic (exact) mass is 666 g/mol. The van der Waals surface area contributed by atoms with E-state index in [4.69, 9.17) is 0 Å². The molecule has 4 rings (SSSR count). The van der Waals surface area contributed by atoms with E-state index >= 15 is 0 Å². The molecule has 1 aliphatic carbocycles. The number of rotatable bonds is 15. The lowest BCUT2D eigenvalue weighted by atomic mass is 9.82. The van der Waals surface area contributed by atoms with Gasteiger partial charge in [-0.25, -0.2) is 9.78 Å². The summed E-state index contributed by atoms with van der Waals surface area (Å²) in [4.78, 5) is 52.5. The molecule has 0 spiro atoms. The van der Waals surface area contributed by atoms with Gasteiger partial charge >= 0.3 is 6.03 Å². The van der Waals surface area contributed by atoms with Crippen molar-refractivity contribution in [3.63, 3.8) is 0 Å². The summed E-state index contributed by atoms with van der Waals surface area (Å²) in [5, 5.41) is 28.1. The van der Waals surface area contributed by atoms with E-state index in [1.807, 2.05) is 44.2 Å². The summed E-state index contributed by atoms with van der Waals surface area (Å²) >= 11 is 0. The summed E-state index contributed by atoms with van der Waals surface area (Å²) in [5.74, 6) is -0.434. The number of nitrogens with zero attached hydrogens (tertiary/aromatic N) is 3. The van der Waals surface area contributed by atoms with Crippen LogP contribution < -0.4 is 10.6 Å². The third kappa shape index (κ3) is 11.3. The second-order valence-corrected chi connectivity index (χ2v) is 14.3. The molecule has 2 heterocycles. The number of aromatic amines is 1. The lowest BCUT2D eigenvalue weighted by Gasteiger charge is -2.35. The highest BCUT2D eigenvalue weighted by Crippen LogP contribution is 2.29. The van der Waals surface area contributed by atoms with Gasteiger partial charge in [0.25, 0.3) is 0 Å². The molecule has 2 aromatic rings. The van der Waals surface area contributed by atoms with Crippen LogP contribution in [0.5, 0.6) is 0 Å². The summed E-state index contributed by atoms with van der Waals surface area (Å²) in [7, 11) is 1.61. The van der Waals surface area contributed by atoms with Crippen LogP contribution >= 0.6 is 0 Å². The van der Waals surface area contributed by atoms with Crippen molar-refractivity contribution in [2.24, 2.45) is 11.8 Å². The Morgan fingerprint density at radius 3 is 2.23 bits per heavy atom. The summed E-state index contributed by atoms with van der Waals surface area (Å²) in [6.07, 6.45) is 12.3. The van der Waals surface area contributed by atoms with E-state index in [1.54, 1.807) is 18.1 Å². The van der Waals surface area contributed by atoms with E-state index in [0.29, 0.717) is 31.1 Å². The Balaban J connectivity index is 1.57. The van der Waals surface area contributed by atoms with Crippen molar-refractivity contribution in [1.29, 1.82) is 0 Å². The molecule has 4 amide bonds. The minimum Gasteiger partial charge on any atom is -0.393 e. The van der Waals surface area contributed by atoms with Gasteiger partial charge in [0.1, 0.15) is 12.1 Å². The van der Waals surface area contributed by atoms with Crippen LogP contribution in [0.2, 0.25) is 0 Å². The van der Waals surface area contributed by atoms with Crippen molar-refractivity contribution in [3.05, 3.63) is 54.1 Å². The lowest BCUT2D eigenvalue weighted by Crippen LogP contribution is -2.59. The van der Waals surface area contributed by atoms with Gasteiger partial charge in [-0.3, -0.25) is 9.59 Å². The summed E-state index contributed by atoms with van der Waals surface area (Å²) in [6, 6.07) is 6.88. The Morgan fingerprint density at radius 1 is 0.938 bits per heavy atom. The number of likely N-dealkylation sites (N-methyl/N-ethyl adjacent to an activating group) is 1. The maximum Gasteiger partial charge on any atom is 0.318 e. The summed E-state index contributed by atoms with van der Waals surface area (Å²) < 4.78 is 0. The maximum absolute atomic E-state index is 14.4. The molecule has 5 atom stereocenters. The summed E-state index contributed by atoms with van der Waals surface area (Å²) in [6.45, 7) is 5.11. The zero-order chi connectivity index (χ0) is 34.5. The average molecular weight is 667 g/mol. The topological polar surface area (TPSA) is 151 Å². The normalized spacial score (nSPS) is 19.1. The molecule has 1 aliphatic heterocycles. The zero-order valence-corrected chi connectivity index (χ0v) is 29.2. The lowest BCUT2D eigenvalue weighted by molar-refractivity contribution is -0.141. The van der Waals surface area contributed by atoms with Crippen LogP contribution in [0.1, 0.15) is 95.7 Å². The number of amides is 4. The molecular weight excluding hydrogens is 608 g/mol. The quantitative estimate of drug-likeness (QED) is 0.192. The van der Waals surface area contributed by atoms with Gasteiger partial charge in [0.05, 0.1) is 24.6 Å². The molecule has 1 saturated carbocycles. The van der Waals surface area contributed by atoms with Crippen molar-refractivity contribution in [1.82, 2.24) is 30.4 Å². The smallest absolute Gasteiger partial charge is 0.318 e. The number of aromatic nitrogens is 2. The predicted octanol–water partition coefficient (Wildman–Crippen LogP) is 4.20. The standard InChI is InChI=1S/C37H58N6O5/c1-26(2)33(44)23-34(45)30(20-27-14-8-6-9-15-27)40-35(46)32(22-29-24-38-25-39-29)42(3)36(47)31(21-28-16-10-7-11-17-28)41-37(48)43-18-12-4-5-13-19-43/h7,10-11,16-17,24-27,30-34,44-45H,4-6,8-9,12-15,18-23H2,1-3H3,(H,38,39)(H,40,46)(H,41,48)/t30-,31-,32-,33-,34-/m0/s1. The fourth-order valence-corrected chi connectivity index (χ4v) is 7.03. The van der Waals surface area contributed by atoms with Crippen LogP contribution in [-0.4, -0.2) is 98.3 Å². The number of H-pyrrole nitrogens is 1. The van der Waals surface area contributed by atoms with Crippen molar-refractivity contribution in [2.45, 2.75) is 128 Å². The number of carbonyl (C=O) groups is 3. The van der Waals surface area contributed by atoms with Crippen molar-refractivity contribution >= 4 is 17.8 Å². The van der Waals surface area contributed by atoms with Crippen molar-refractivity contribution in [3.8, 4) is 0 Å². The van der Waals surface area contributed by atoms with Gasteiger partial charge in [-0.15, -0.1) is 0 Å². The number of aliphatic hydroxyl groups excluding tert-OH is 2. The molecular formula is C37H58N6O5. The molecule has 11 heteroatoms. The Bertz CT molecular complexity index is 1240. The Labute approximate surface area is 286 Å². The first-order valence-corrected chi connectivity index (χ1v) is 18.1. The number of imidazole rings is 1. The molecule has 266 valence electrons. The van der Waals surface area contributed by atoms with Gasteiger partial charge in [0.2, 0.25) is 11.8 Å². The van der Waals surface area contributed by atoms with Gasteiger partial charge in [0, 0.05) is 51.3 Å². The predicted molar refractivity (Wildman–Crippen MR) is 186 cm³/mol. The highest BCUT2D eigenvalue weighted by molar-refractivity contribution is 5.92. The van der Waals surface area contributed by atoms with Crippen molar-refractivity contribution < 1.29 is 24.6 Å². The van der Waals surface area contributed by atoms with E-state index in [2.05, 4.69) is 20.6 Å². The number of nitrogens with one attached hydrogen (secondary N) is 3. The van der Waals surface area contributed by atoms with Crippen LogP contribution in [0, 0.1) is 11.8 Å². The highest BCUT2D eigenvalue weighted by atomic mass is 16.3. The number of likely N-dealkylation sites (tertiary alicyclic amines) is 1. The molecule has 11 nitrogen and oxygen atoms in total. The fraction of sp³-hybridized carbons (Fsp3) is 0.676. The third-order valence-corrected chi connectivity index (χ3v) is 10.2. The zero-order valence-electron chi connectivity index (χ0n) is 29.2. The Morgan fingerprint density at radius 2 is 1.60 bits per heavy atom. The summed E-state index contributed by atoms with van der Waals surface area (Å²) in [5.41, 5.74) is 1.58. The number of hydrogen-bond donors (Lipinski definition) is 5. The molecule has 1 saturated heterocycles. The SMILES string of the molecule is CC(C)[C@@H](O)C[C@H](O)[C@H](CC1CCCCC1)NC(=O)[C@H](Cc1cnc[nH]1)N(C)C(=O)[C@H](Cc1ccccc1)NC(=O)N1CCCCCC1. The Hall–Kier alpha value is -3.44. The number of urea groups is 1. The number of hydrogen-bond acceptors (Lipinski definition) is 6. The van der Waals surface area contributed by atoms with Crippen molar-refractivity contribution in [2.75, 3.05) is 20.1 Å². The van der Waals surface area contributed by atoms with Crippen LogP contribution in [0.4, 0.5) is 4.79 Å². The second kappa shape index (κ2) is 18.9. The molecule has 2 fully saturated rings. The third-order valence-electron chi connectivity index (χ3n) is 10.2.